The van der Waals surface area contributed by atoms with Crippen LogP contribution < -0.4 is 10.6 Å². The third kappa shape index (κ3) is 5.17. The van der Waals surface area contributed by atoms with Crippen molar-refractivity contribution < 1.29 is 0 Å². The lowest BCUT2D eigenvalue weighted by atomic mass is 9.96. The van der Waals surface area contributed by atoms with Gasteiger partial charge >= 0.3 is 0 Å². The predicted molar refractivity (Wildman–Crippen MR) is 88.7 cm³/mol. The van der Waals surface area contributed by atoms with Crippen molar-refractivity contribution in [3.63, 3.8) is 0 Å². The molecule has 3 aliphatic carbocycles. The fourth-order valence-electron chi connectivity index (χ4n) is 3.45. The van der Waals surface area contributed by atoms with Crippen molar-refractivity contribution in [2.45, 2.75) is 69.9 Å². The van der Waals surface area contributed by atoms with Gasteiger partial charge in [0.05, 0.1) is 0 Å². The van der Waals surface area contributed by atoms with Crippen LogP contribution in [0.4, 0.5) is 0 Å². The molecule has 0 amide bonds. The van der Waals surface area contributed by atoms with Crippen LogP contribution in [0.3, 0.4) is 0 Å². The molecule has 4 nitrogen and oxygen atoms in total. The summed E-state index contributed by atoms with van der Waals surface area (Å²) in [6.45, 7) is 3.53. The Bertz CT molecular complexity index is 341. The molecule has 0 aromatic rings. The highest BCUT2D eigenvalue weighted by atomic mass is 15.2. The van der Waals surface area contributed by atoms with Crippen LogP contribution >= 0.6 is 0 Å². The molecule has 0 unspecified atom stereocenters. The van der Waals surface area contributed by atoms with Crippen molar-refractivity contribution >= 4 is 5.96 Å². The number of hydrogen-bond acceptors (Lipinski definition) is 2. The Morgan fingerprint density at radius 3 is 2.43 bits per heavy atom. The second kappa shape index (κ2) is 7.48. The minimum Gasteiger partial charge on any atom is -0.355 e. The second-order valence-electron chi connectivity index (χ2n) is 7.15. The Morgan fingerprint density at radius 1 is 1.05 bits per heavy atom. The maximum absolute atomic E-state index is 4.39. The molecule has 0 aliphatic heterocycles. The van der Waals surface area contributed by atoms with Crippen LogP contribution in [0.2, 0.25) is 0 Å². The van der Waals surface area contributed by atoms with E-state index in [0.717, 1.165) is 24.5 Å². The summed E-state index contributed by atoms with van der Waals surface area (Å²) in [5.74, 6) is 2.01. The molecule has 120 valence electrons. The molecule has 3 rings (SSSR count). The average Bonchev–Trinajstić information content (AvgIpc) is 3.39. The summed E-state index contributed by atoms with van der Waals surface area (Å²) in [7, 11) is 1.89. The first-order chi connectivity index (χ1) is 10.3. The van der Waals surface area contributed by atoms with Crippen molar-refractivity contribution in [1.82, 2.24) is 15.5 Å². The Hall–Kier alpha value is -0.770. The van der Waals surface area contributed by atoms with Crippen molar-refractivity contribution in [3.8, 4) is 0 Å². The van der Waals surface area contributed by atoms with E-state index in [4.69, 9.17) is 0 Å². The summed E-state index contributed by atoms with van der Waals surface area (Å²) in [5, 5.41) is 7.12. The molecule has 0 atom stereocenters. The van der Waals surface area contributed by atoms with Crippen LogP contribution in [0.25, 0.3) is 0 Å². The Labute approximate surface area is 129 Å². The van der Waals surface area contributed by atoms with Gasteiger partial charge in [0, 0.05) is 38.8 Å². The number of rotatable bonds is 7. The van der Waals surface area contributed by atoms with E-state index in [-0.39, 0.29) is 0 Å². The van der Waals surface area contributed by atoms with Crippen molar-refractivity contribution in [3.05, 3.63) is 0 Å². The molecule has 3 fully saturated rings. The van der Waals surface area contributed by atoms with Gasteiger partial charge in [-0.15, -0.1) is 0 Å². The van der Waals surface area contributed by atoms with Crippen molar-refractivity contribution in [2.75, 3.05) is 26.7 Å². The van der Waals surface area contributed by atoms with E-state index in [9.17, 15) is 0 Å². The number of hydrogen-bond donors (Lipinski definition) is 2. The summed E-state index contributed by atoms with van der Waals surface area (Å²) in [6, 6.07) is 1.52. The Balaban J connectivity index is 1.35. The average molecular weight is 292 g/mol. The van der Waals surface area contributed by atoms with Gasteiger partial charge < -0.3 is 10.6 Å². The number of nitrogens with zero attached hydrogens (tertiary/aromatic N) is 2. The van der Waals surface area contributed by atoms with Gasteiger partial charge in [0.1, 0.15) is 0 Å². The van der Waals surface area contributed by atoms with Crippen LogP contribution in [0, 0.1) is 5.92 Å². The van der Waals surface area contributed by atoms with Gasteiger partial charge in [0.15, 0.2) is 5.96 Å². The van der Waals surface area contributed by atoms with Crippen LogP contribution in [-0.4, -0.2) is 49.6 Å². The topological polar surface area (TPSA) is 39.7 Å². The molecule has 0 aromatic heterocycles. The van der Waals surface area contributed by atoms with Crippen molar-refractivity contribution in [2.24, 2.45) is 10.9 Å². The van der Waals surface area contributed by atoms with E-state index in [2.05, 4.69) is 20.5 Å². The van der Waals surface area contributed by atoms with Crippen LogP contribution in [-0.2, 0) is 0 Å². The molecule has 0 aromatic carbocycles. The second-order valence-corrected chi connectivity index (χ2v) is 7.15. The number of nitrogens with one attached hydrogen (secondary N) is 2. The number of guanidine groups is 1. The largest absolute Gasteiger partial charge is 0.355 e. The monoisotopic (exact) mass is 292 g/mol. The van der Waals surface area contributed by atoms with Gasteiger partial charge in [0.25, 0.3) is 0 Å². The molecular weight excluding hydrogens is 260 g/mol. The third-order valence-electron chi connectivity index (χ3n) is 5.11. The first kappa shape index (κ1) is 15.1. The normalized spacial score (nSPS) is 24.4. The quantitative estimate of drug-likeness (QED) is 0.559. The highest BCUT2D eigenvalue weighted by Crippen LogP contribution is 2.34. The van der Waals surface area contributed by atoms with E-state index < -0.39 is 0 Å². The minimum atomic E-state index is 0.635. The van der Waals surface area contributed by atoms with Crippen molar-refractivity contribution in [1.29, 1.82) is 0 Å². The summed E-state index contributed by atoms with van der Waals surface area (Å²) in [4.78, 5) is 7.10. The van der Waals surface area contributed by atoms with E-state index in [0.29, 0.717) is 6.04 Å². The molecule has 0 radical (unpaired) electrons. The highest BCUT2D eigenvalue weighted by molar-refractivity contribution is 5.79. The zero-order valence-electron chi connectivity index (χ0n) is 13.6. The van der Waals surface area contributed by atoms with Crippen LogP contribution in [0.15, 0.2) is 4.99 Å². The molecule has 0 spiro atoms. The highest BCUT2D eigenvalue weighted by Gasteiger charge is 2.33. The van der Waals surface area contributed by atoms with Crippen LogP contribution in [0.5, 0.6) is 0 Å². The van der Waals surface area contributed by atoms with Crippen LogP contribution in [0.1, 0.15) is 57.8 Å². The van der Waals surface area contributed by atoms with E-state index in [1.165, 1.54) is 70.9 Å². The molecule has 2 N–H and O–H groups in total. The van der Waals surface area contributed by atoms with E-state index >= 15 is 0 Å². The molecule has 3 aliphatic rings. The summed E-state index contributed by atoms with van der Waals surface area (Å²) in [5.41, 5.74) is 0. The first-order valence-electron chi connectivity index (χ1n) is 9.06. The minimum absolute atomic E-state index is 0.635. The van der Waals surface area contributed by atoms with E-state index in [1.807, 2.05) is 7.05 Å². The van der Waals surface area contributed by atoms with Gasteiger partial charge in [-0.2, -0.15) is 0 Å². The molecule has 21 heavy (non-hydrogen) atoms. The Kier molecular flexibility index (Phi) is 5.39. The van der Waals surface area contributed by atoms with Gasteiger partial charge in [-0.1, -0.05) is 19.3 Å². The summed E-state index contributed by atoms with van der Waals surface area (Å²) in [6.07, 6.45) is 12.5. The maximum atomic E-state index is 4.39. The molecular formula is C17H32N4. The summed E-state index contributed by atoms with van der Waals surface area (Å²) < 4.78 is 0. The summed E-state index contributed by atoms with van der Waals surface area (Å²) >= 11 is 0. The predicted octanol–water partition coefficient (Wildman–Crippen LogP) is 2.36. The van der Waals surface area contributed by atoms with Gasteiger partial charge in [-0.3, -0.25) is 9.89 Å². The Morgan fingerprint density at radius 2 is 1.81 bits per heavy atom. The number of aliphatic imine (C=N–C) groups is 1. The molecule has 3 saturated carbocycles. The molecule has 0 heterocycles. The van der Waals surface area contributed by atoms with Gasteiger partial charge in [-0.25, -0.2) is 0 Å². The fraction of sp³-hybridized carbons (Fsp3) is 0.941. The third-order valence-corrected chi connectivity index (χ3v) is 5.11. The van der Waals surface area contributed by atoms with Gasteiger partial charge in [0.2, 0.25) is 0 Å². The standard InChI is InChI=1S/C17H32N4/c1-18-17(20-15-5-3-2-4-6-15)19-11-12-21(16-9-10-16)13-14-7-8-14/h14-16H,2-13H2,1H3,(H2,18,19,20). The molecule has 0 bridgehead atoms. The molecule has 0 saturated heterocycles. The smallest absolute Gasteiger partial charge is 0.191 e. The molecule has 4 heteroatoms. The lowest BCUT2D eigenvalue weighted by molar-refractivity contribution is 0.256. The first-order valence-corrected chi connectivity index (χ1v) is 9.06. The maximum Gasteiger partial charge on any atom is 0.191 e. The van der Waals surface area contributed by atoms with E-state index in [1.54, 1.807) is 0 Å². The SMILES string of the molecule is CN=C(NCCN(CC1CC1)C1CC1)NC1CCCCC1. The van der Waals surface area contributed by atoms with Gasteiger partial charge in [-0.05, 0) is 44.4 Å². The zero-order valence-corrected chi connectivity index (χ0v) is 13.6. The fourth-order valence-corrected chi connectivity index (χ4v) is 3.45. The lowest BCUT2D eigenvalue weighted by Crippen LogP contribution is -2.46. The zero-order chi connectivity index (χ0) is 14.5. The lowest BCUT2D eigenvalue weighted by Gasteiger charge is -2.26.